The van der Waals surface area contributed by atoms with Crippen LogP contribution in [0.1, 0.15) is 19.8 Å². The maximum Gasteiger partial charge on any atom is 0.223 e. The molecule has 5 heteroatoms. The highest BCUT2D eigenvalue weighted by atomic mass is 16.2. The van der Waals surface area contributed by atoms with Crippen molar-refractivity contribution in [1.29, 1.82) is 0 Å². The molecule has 0 spiro atoms. The molecule has 0 aromatic carbocycles. The quantitative estimate of drug-likeness (QED) is 0.693. The Morgan fingerprint density at radius 2 is 1.56 bits per heavy atom. The van der Waals surface area contributed by atoms with Gasteiger partial charge < -0.3 is 15.1 Å². The Hall–Kier alpha value is -1.10. The van der Waals surface area contributed by atoms with E-state index in [0.29, 0.717) is 19.4 Å². The van der Waals surface area contributed by atoms with E-state index in [1.807, 2.05) is 6.92 Å². The van der Waals surface area contributed by atoms with Crippen molar-refractivity contribution in [2.24, 2.45) is 0 Å². The lowest BCUT2D eigenvalue weighted by Gasteiger charge is -2.17. The molecule has 0 aliphatic carbocycles. The largest absolute Gasteiger partial charge is 0.349 e. The Labute approximate surface area is 97.8 Å². The first kappa shape index (κ1) is 14.9. The maximum atomic E-state index is 11.4. The molecule has 0 aromatic heterocycles. The molecule has 2 amide bonds. The van der Waals surface area contributed by atoms with E-state index >= 15 is 0 Å². The first-order chi connectivity index (χ1) is 7.34. The zero-order valence-electron chi connectivity index (χ0n) is 10.9. The highest BCUT2D eigenvalue weighted by Gasteiger charge is 2.10. The SMILES string of the molecule is CC(CC(=O)N(C)C)NCCC(=O)N(C)C. The summed E-state index contributed by atoms with van der Waals surface area (Å²) in [6.07, 6.45) is 0.927. The highest BCUT2D eigenvalue weighted by Crippen LogP contribution is 1.95. The molecule has 94 valence electrons. The molecule has 1 atom stereocenters. The summed E-state index contributed by atoms with van der Waals surface area (Å²) in [4.78, 5) is 25.8. The molecule has 0 radical (unpaired) electrons. The molecule has 0 fully saturated rings. The standard InChI is InChI=1S/C11H23N3O2/c1-9(8-11(16)14(4)5)12-7-6-10(15)13(2)3/h9,12H,6-8H2,1-5H3. The molecule has 5 nitrogen and oxygen atoms in total. The fourth-order valence-electron chi connectivity index (χ4n) is 1.17. The molecule has 0 rings (SSSR count). The molecule has 0 aromatic rings. The Balaban J connectivity index is 3.70. The first-order valence-corrected chi connectivity index (χ1v) is 5.48. The van der Waals surface area contributed by atoms with E-state index in [2.05, 4.69) is 5.32 Å². The van der Waals surface area contributed by atoms with Gasteiger partial charge in [0.1, 0.15) is 0 Å². The van der Waals surface area contributed by atoms with Gasteiger partial charge in [0.05, 0.1) is 0 Å². The van der Waals surface area contributed by atoms with E-state index in [-0.39, 0.29) is 17.9 Å². The topological polar surface area (TPSA) is 52.7 Å². The summed E-state index contributed by atoms with van der Waals surface area (Å²) >= 11 is 0. The van der Waals surface area contributed by atoms with Crippen LogP contribution in [-0.4, -0.2) is 62.4 Å². The Bertz CT molecular complexity index is 239. The number of hydrogen-bond donors (Lipinski definition) is 1. The summed E-state index contributed by atoms with van der Waals surface area (Å²) in [5.41, 5.74) is 0. The number of carbonyl (C=O) groups is 2. The lowest BCUT2D eigenvalue weighted by molar-refractivity contribution is -0.129. The van der Waals surface area contributed by atoms with Gasteiger partial charge in [-0.1, -0.05) is 0 Å². The molecule has 0 saturated carbocycles. The average Bonchev–Trinajstić information content (AvgIpc) is 2.16. The zero-order chi connectivity index (χ0) is 12.7. The van der Waals surface area contributed by atoms with Crippen molar-refractivity contribution in [2.45, 2.75) is 25.8 Å². The molecule has 1 N–H and O–H groups in total. The van der Waals surface area contributed by atoms with Crippen LogP contribution >= 0.6 is 0 Å². The van der Waals surface area contributed by atoms with Crippen LogP contribution in [-0.2, 0) is 9.59 Å². The van der Waals surface area contributed by atoms with Crippen molar-refractivity contribution in [3.63, 3.8) is 0 Å². The van der Waals surface area contributed by atoms with Gasteiger partial charge in [-0.25, -0.2) is 0 Å². The third-order valence-corrected chi connectivity index (χ3v) is 2.31. The van der Waals surface area contributed by atoms with Crippen LogP contribution in [0.25, 0.3) is 0 Å². The second-order valence-corrected chi connectivity index (χ2v) is 4.39. The van der Waals surface area contributed by atoms with Crippen LogP contribution in [0.2, 0.25) is 0 Å². The molecular formula is C11H23N3O2. The lowest BCUT2D eigenvalue weighted by Crippen LogP contribution is -2.35. The molecular weight excluding hydrogens is 206 g/mol. The fraction of sp³-hybridized carbons (Fsp3) is 0.818. The Morgan fingerprint density at radius 1 is 1.06 bits per heavy atom. The highest BCUT2D eigenvalue weighted by molar-refractivity contribution is 5.76. The summed E-state index contributed by atoms with van der Waals surface area (Å²) in [6.45, 7) is 2.56. The van der Waals surface area contributed by atoms with Gasteiger partial charge in [-0.3, -0.25) is 9.59 Å². The van der Waals surface area contributed by atoms with Crippen LogP contribution in [0.4, 0.5) is 0 Å². The van der Waals surface area contributed by atoms with Crippen molar-refractivity contribution >= 4 is 11.8 Å². The number of nitrogens with zero attached hydrogens (tertiary/aromatic N) is 2. The van der Waals surface area contributed by atoms with Crippen molar-refractivity contribution in [3.8, 4) is 0 Å². The molecule has 1 unspecified atom stereocenters. The molecule has 0 heterocycles. The van der Waals surface area contributed by atoms with E-state index in [0.717, 1.165) is 0 Å². The molecule has 16 heavy (non-hydrogen) atoms. The van der Waals surface area contributed by atoms with E-state index in [1.54, 1.807) is 38.0 Å². The summed E-state index contributed by atoms with van der Waals surface area (Å²) in [6, 6.07) is 0.102. The second-order valence-electron chi connectivity index (χ2n) is 4.39. The van der Waals surface area contributed by atoms with Gasteiger partial charge in [-0.15, -0.1) is 0 Å². The summed E-state index contributed by atoms with van der Waals surface area (Å²) in [5.74, 6) is 0.192. The number of amides is 2. The second kappa shape index (κ2) is 7.22. The molecule has 0 bridgehead atoms. The number of hydrogen-bond acceptors (Lipinski definition) is 3. The van der Waals surface area contributed by atoms with Crippen molar-refractivity contribution < 1.29 is 9.59 Å². The van der Waals surface area contributed by atoms with E-state index in [9.17, 15) is 9.59 Å². The molecule has 0 saturated heterocycles. The molecule has 0 aliphatic rings. The van der Waals surface area contributed by atoms with Crippen LogP contribution in [0.3, 0.4) is 0 Å². The van der Waals surface area contributed by atoms with E-state index in [1.165, 1.54) is 0 Å². The van der Waals surface area contributed by atoms with Gasteiger partial charge in [0.25, 0.3) is 0 Å². The smallest absolute Gasteiger partial charge is 0.223 e. The minimum atomic E-state index is 0.0960. The normalized spacial score (nSPS) is 12.1. The summed E-state index contributed by atoms with van der Waals surface area (Å²) in [7, 11) is 6.96. The van der Waals surface area contributed by atoms with Gasteiger partial charge in [-0.05, 0) is 6.92 Å². The van der Waals surface area contributed by atoms with Gasteiger partial charge >= 0.3 is 0 Å². The van der Waals surface area contributed by atoms with Crippen molar-refractivity contribution in [2.75, 3.05) is 34.7 Å². The van der Waals surface area contributed by atoms with E-state index in [4.69, 9.17) is 0 Å². The third-order valence-electron chi connectivity index (χ3n) is 2.31. The van der Waals surface area contributed by atoms with Crippen LogP contribution in [0, 0.1) is 0 Å². The van der Waals surface area contributed by atoms with Crippen molar-refractivity contribution in [1.82, 2.24) is 15.1 Å². The van der Waals surface area contributed by atoms with Gasteiger partial charge in [0, 0.05) is 53.6 Å². The van der Waals surface area contributed by atoms with Gasteiger partial charge in [0.15, 0.2) is 0 Å². The third kappa shape index (κ3) is 6.40. The van der Waals surface area contributed by atoms with Gasteiger partial charge in [-0.2, -0.15) is 0 Å². The fourth-order valence-corrected chi connectivity index (χ4v) is 1.17. The number of carbonyl (C=O) groups excluding carboxylic acids is 2. The predicted molar refractivity (Wildman–Crippen MR) is 64.1 cm³/mol. The van der Waals surface area contributed by atoms with Crippen LogP contribution in [0.15, 0.2) is 0 Å². The van der Waals surface area contributed by atoms with Crippen molar-refractivity contribution in [3.05, 3.63) is 0 Å². The van der Waals surface area contributed by atoms with E-state index < -0.39 is 0 Å². The minimum Gasteiger partial charge on any atom is -0.349 e. The molecule has 0 aliphatic heterocycles. The maximum absolute atomic E-state index is 11.4. The number of rotatable bonds is 6. The zero-order valence-corrected chi connectivity index (χ0v) is 10.9. The first-order valence-electron chi connectivity index (χ1n) is 5.48. The Kier molecular flexibility index (Phi) is 6.72. The minimum absolute atomic E-state index is 0.0960. The number of nitrogens with one attached hydrogen (secondary N) is 1. The van der Waals surface area contributed by atoms with Gasteiger partial charge in [0.2, 0.25) is 11.8 Å². The summed E-state index contributed by atoms with van der Waals surface area (Å²) in [5, 5.41) is 3.16. The lowest BCUT2D eigenvalue weighted by atomic mass is 10.2. The Morgan fingerprint density at radius 3 is 2.00 bits per heavy atom. The predicted octanol–water partition coefficient (Wildman–Crippen LogP) is -0.0789. The van der Waals surface area contributed by atoms with Crippen LogP contribution < -0.4 is 5.32 Å². The monoisotopic (exact) mass is 229 g/mol. The average molecular weight is 229 g/mol. The van der Waals surface area contributed by atoms with Crippen LogP contribution in [0.5, 0.6) is 0 Å². The summed E-state index contributed by atoms with van der Waals surface area (Å²) < 4.78 is 0.